The van der Waals surface area contributed by atoms with Gasteiger partial charge in [-0.1, -0.05) is 6.07 Å². The molecule has 0 atom stereocenters. The molecule has 0 amide bonds. The topological polar surface area (TPSA) is 60.2 Å². The van der Waals surface area contributed by atoms with Crippen molar-refractivity contribution < 1.29 is 9.53 Å². The van der Waals surface area contributed by atoms with Crippen LogP contribution in [0.25, 0.3) is 0 Å². The van der Waals surface area contributed by atoms with Crippen molar-refractivity contribution in [2.45, 2.75) is 6.92 Å². The number of esters is 1. The quantitative estimate of drug-likeness (QED) is 0.784. The van der Waals surface area contributed by atoms with Crippen LogP contribution in [-0.4, -0.2) is 34.4 Å². The molecule has 0 bridgehead atoms. The van der Waals surface area contributed by atoms with Crippen molar-refractivity contribution >= 4 is 17.6 Å². The first-order chi connectivity index (χ1) is 9.13. The molecule has 0 spiro atoms. The van der Waals surface area contributed by atoms with Crippen LogP contribution in [0.2, 0.25) is 0 Å². The van der Waals surface area contributed by atoms with Gasteiger partial charge >= 0.3 is 5.97 Å². The third-order valence-corrected chi connectivity index (χ3v) is 2.68. The summed E-state index contributed by atoms with van der Waals surface area (Å²) in [6.07, 6.45) is 1.72. The zero-order valence-corrected chi connectivity index (χ0v) is 11.2. The first kappa shape index (κ1) is 13.1. The molecule has 0 N–H and O–H groups in total. The van der Waals surface area contributed by atoms with Crippen molar-refractivity contribution in [2.24, 2.45) is 7.05 Å². The molecular formula is C13H16N4O2. The van der Waals surface area contributed by atoms with E-state index < -0.39 is 5.97 Å². The fourth-order valence-corrected chi connectivity index (χ4v) is 1.75. The Bertz CT molecular complexity index is 565. The molecule has 0 unspecified atom stereocenters. The molecule has 0 aliphatic rings. The summed E-state index contributed by atoms with van der Waals surface area (Å²) in [5.74, 6) is 1.13. The minimum absolute atomic E-state index is 0.294. The molecule has 100 valence electrons. The van der Waals surface area contributed by atoms with Crippen LogP contribution in [0.4, 0.5) is 11.6 Å². The number of hydrogen-bond donors (Lipinski definition) is 0. The summed E-state index contributed by atoms with van der Waals surface area (Å²) in [6, 6.07) is 7.33. The first-order valence-corrected chi connectivity index (χ1v) is 5.99. The van der Waals surface area contributed by atoms with E-state index in [1.54, 1.807) is 30.9 Å². The highest BCUT2D eigenvalue weighted by atomic mass is 16.5. The normalized spacial score (nSPS) is 10.3. The number of anilines is 2. The smallest absolute Gasteiger partial charge is 0.358 e. The summed E-state index contributed by atoms with van der Waals surface area (Å²) in [7, 11) is 3.64. The Balaban J connectivity index is 2.28. The number of ether oxygens (including phenoxy) is 1. The lowest BCUT2D eigenvalue weighted by molar-refractivity contribution is 0.0518. The number of aryl methyl sites for hydroxylation is 1. The number of nitrogens with zero attached hydrogens (tertiary/aromatic N) is 4. The van der Waals surface area contributed by atoms with Gasteiger partial charge in [0.15, 0.2) is 5.69 Å². The summed E-state index contributed by atoms with van der Waals surface area (Å²) in [5, 5.41) is 4.15. The molecule has 19 heavy (non-hydrogen) atoms. The van der Waals surface area contributed by atoms with Crippen molar-refractivity contribution in [1.82, 2.24) is 14.8 Å². The summed E-state index contributed by atoms with van der Waals surface area (Å²) in [6.45, 7) is 2.10. The Hall–Kier alpha value is -2.37. The van der Waals surface area contributed by atoms with Crippen LogP contribution < -0.4 is 4.90 Å². The maximum absolute atomic E-state index is 11.6. The van der Waals surface area contributed by atoms with E-state index in [0.717, 1.165) is 11.6 Å². The average molecular weight is 260 g/mol. The van der Waals surface area contributed by atoms with Crippen molar-refractivity contribution in [3.05, 3.63) is 36.2 Å². The minimum Gasteiger partial charge on any atom is -0.461 e. The molecule has 6 heteroatoms. The molecule has 2 rings (SSSR count). The second-order valence-electron chi connectivity index (χ2n) is 3.98. The van der Waals surface area contributed by atoms with E-state index >= 15 is 0 Å². The number of pyridine rings is 1. The van der Waals surface area contributed by atoms with Gasteiger partial charge in [0.2, 0.25) is 0 Å². The highest BCUT2D eigenvalue weighted by Crippen LogP contribution is 2.21. The second-order valence-corrected chi connectivity index (χ2v) is 3.98. The molecule has 0 saturated carbocycles. The molecule has 0 aliphatic carbocycles. The summed E-state index contributed by atoms with van der Waals surface area (Å²) in [5.41, 5.74) is 0.294. The third-order valence-electron chi connectivity index (χ3n) is 2.68. The fraction of sp³-hybridized carbons (Fsp3) is 0.308. The maximum Gasteiger partial charge on any atom is 0.358 e. The molecule has 0 aromatic carbocycles. The van der Waals surface area contributed by atoms with Gasteiger partial charge in [-0.2, -0.15) is 5.10 Å². The standard InChI is InChI=1S/C13H16N4O2/c1-4-19-13(18)10-9-12(17(3)15-10)16(2)11-7-5-6-8-14-11/h5-9H,4H2,1-3H3. The highest BCUT2D eigenvalue weighted by molar-refractivity contribution is 5.88. The Morgan fingerprint density at radius 2 is 2.26 bits per heavy atom. The lowest BCUT2D eigenvalue weighted by Crippen LogP contribution is -2.14. The fourth-order valence-electron chi connectivity index (χ4n) is 1.75. The summed E-state index contributed by atoms with van der Waals surface area (Å²) < 4.78 is 6.56. The molecule has 2 heterocycles. The Labute approximate surface area is 111 Å². The van der Waals surface area contributed by atoms with Crippen LogP contribution in [-0.2, 0) is 11.8 Å². The summed E-state index contributed by atoms with van der Waals surface area (Å²) in [4.78, 5) is 17.7. The maximum atomic E-state index is 11.6. The molecule has 0 aliphatic heterocycles. The number of carbonyl (C=O) groups is 1. The van der Waals surface area contributed by atoms with Gasteiger partial charge < -0.3 is 9.64 Å². The van der Waals surface area contributed by atoms with Crippen LogP contribution in [0.15, 0.2) is 30.5 Å². The van der Waals surface area contributed by atoms with E-state index in [-0.39, 0.29) is 0 Å². The SMILES string of the molecule is CCOC(=O)c1cc(N(C)c2ccccn2)n(C)n1. The highest BCUT2D eigenvalue weighted by Gasteiger charge is 2.17. The van der Waals surface area contributed by atoms with Crippen LogP contribution in [0.5, 0.6) is 0 Å². The van der Waals surface area contributed by atoms with Gasteiger partial charge in [-0.3, -0.25) is 4.68 Å². The van der Waals surface area contributed by atoms with Gasteiger partial charge in [0.25, 0.3) is 0 Å². The van der Waals surface area contributed by atoms with Crippen LogP contribution >= 0.6 is 0 Å². The van der Waals surface area contributed by atoms with Gasteiger partial charge in [-0.25, -0.2) is 9.78 Å². The zero-order chi connectivity index (χ0) is 13.8. The van der Waals surface area contributed by atoms with E-state index in [1.807, 2.05) is 30.1 Å². The van der Waals surface area contributed by atoms with Gasteiger partial charge in [-0.15, -0.1) is 0 Å². The van der Waals surface area contributed by atoms with E-state index in [1.165, 1.54) is 0 Å². The molecular weight excluding hydrogens is 244 g/mol. The Morgan fingerprint density at radius 3 is 2.89 bits per heavy atom. The van der Waals surface area contributed by atoms with Crippen molar-refractivity contribution in [3.63, 3.8) is 0 Å². The van der Waals surface area contributed by atoms with Gasteiger partial charge in [0, 0.05) is 26.4 Å². The van der Waals surface area contributed by atoms with Crippen molar-refractivity contribution in [3.8, 4) is 0 Å². The second kappa shape index (κ2) is 5.51. The van der Waals surface area contributed by atoms with Crippen molar-refractivity contribution in [2.75, 3.05) is 18.6 Å². The lowest BCUT2D eigenvalue weighted by Gasteiger charge is -2.17. The molecule has 2 aromatic heterocycles. The Morgan fingerprint density at radius 1 is 1.47 bits per heavy atom. The molecule has 2 aromatic rings. The van der Waals surface area contributed by atoms with Gasteiger partial charge in [-0.05, 0) is 19.1 Å². The minimum atomic E-state index is -0.418. The monoisotopic (exact) mass is 260 g/mol. The van der Waals surface area contributed by atoms with E-state index in [2.05, 4.69) is 10.1 Å². The van der Waals surface area contributed by atoms with Gasteiger partial charge in [0.1, 0.15) is 11.6 Å². The third kappa shape index (κ3) is 2.73. The van der Waals surface area contributed by atoms with Crippen LogP contribution in [0.1, 0.15) is 17.4 Å². The number of carbonyl (C=O) groups excluding carboxylic acids is 1. The average Bonchev–Trinajstić information content (AvgIpc) is 2.81. The zero-order valence-electron chi connectivity index (χ0n) is 11.2. The van der Waals surface area contributed by atoms with Crippen LogP contribution in [0, 0.1) is 0 Å². The van der Waals surface area contributed by atoms with Crippen LogP contribution in [0.3, 0.4) is 0 Å². The predicted molar refractivity (Wildman–Crippen MR) is 71.5 cm³/mol. The predicted octanol–water partition coefficient (Wildman–Crippen LogP) is 1.76. The van der Waals surface area contributed by atoms with E-state index in [4.69, 9.17) is 4.74 Å². The number of aromatic nitrogens is 3. The van der Waals surface area contributed by atoms with Crippen molar-refractivity contribution in [1.29, 1.82) is 0 Å². The number of hydrogen-bond acceptors (Lipinski definition) is 5. The van der Waals surface area contributed by atoms with Gasteiger partial charge in [0.05, 0.1) is 6.61 Å². The summed E-state index contributed by atoms with van der Waals surface area (Å²) >= 11 is 0. The largest absolute Gasteiger partial charge is 0.461 e. The van der Waals surface area contributed by atoms with E-state index in [0.29, 0.717) is 12.3 Å². The molecule has 6 nitrogen and oxygen atoms in total. The molecule has 0 saturated heterocycles. The molecule has 0 fully saturated rings. The molecule has 0 radical (unpaired) electrons. The van der Waals surface area contributed by atoms with E-state index in [9.17, 15) is 4.79 Å². The Kier molecular flexibility index (Phi) is 3.79. The lowest BCUT2D eigenvalue weighted by atomic mass is 10.4. The number of rotatable bonds is 4. The first-order valence-electron chi connectivity index (χ1n) is 5.99.